The Morgan fingerprint density at radius 2 is 1.92 bits per heavy atom. The number of methoxy groups -OCH3 is 1. The molecule has 0 spiro atoms. The van der Waals surface area contributed by atoms with Gasteiger partial charge in [-0.1, -0.05) is 0 Å². The summed E-state index contributed by atoms with van der Waals surface area (Å²) in [5.74, 6) is 1.23. The van der Waals surface area contributed by atoms with E-state index in [2.05, 4.69) is 5.32 Å². The van der Waals surface area contributed by atoms with E-state index in [1.54, 1.807) is 11.4 Å². The summed E-state index contributed by atoms with van der Waals surface area (Å²) in [5, 5.41) is 3.14. The number of carbonyl (C=O) groups is 1. The van der Waals surface area contributed by atoms with Crippen molar-refractivity contribution in [3.8, 4) is 0 Å². The van der Waals surface area contributed by atoms with Gasteiger partial charge in [-0.25, -0.2) is 8.42 Å². The van der Waals surface area contributed by atoms with E-state index in [1.165, 1.54) is 0 Å². The zero-order valence-corrected chi connectivity index (χ0v) is 15.4. The lowest BCUT2D eigenvalue weighted by molar-refractivity contribution is -0.123. The van der Waals surface area contributed by atoms with Crippen LogP contribution in [0.3, 0.4) is 0 Å². The molecule has 6 nitrogen and oxygen atoms in total. The number of sulfonamides is 1. The maximum atomic E-state index is 12.4. The van der Waals surface area contributed by atoms with Crippen molar-refractivity contribution in [2.75, 3.05) is 26.0 Å². The molecule has 1 aliphatic heterocycles. The standard InChI is InChI=1S/C17H30N2O4S/c1-23-15-7-3-13(4-8-15)11-17(20)18-16(14-5-6-14)12-19-9-2-10-24(19,21)22/h13-16H,2-12H2,1H3,(H,18,20). The molecule has 2 saturated carbocycles. The van der Waals surface area contributed by atoms with E-state index < -0.39 is 10.0 Å². The Labute approximate surface area is 145 Å². The van der Waals surface area contributed by atoms with Crippen LogP contribution in [0.25, 0.3) is 0 Å². The number of nitrogens with one attached hydrogen (secondary N) is 1. The second-order valence-corrected chi connectivity index (χ2v) is 9.71. The maximum Gasteiger partial charge on any atom is 0.220 e. The molecule has 0 aromatic carbocycles. The average molecular weight is 359 g/mol. The van der Waals surface area contributed by atoms with Crippen LogP contribution in [0.15, 0.2) is 0 Å². The van der Waals surface area contributed by atoms with Crippen LogP contribution in [0, 0.1) is 11.8 Å². The summed E-state index contributed by atoms with van der Waals surface area (Å²) in [5.41, 5.74) is 0. The van der Waals surface area contributed by atoms with Crippen LogP contribution in [0.4, 0.5) is 0 Å². The molecule has 3 aliphatic rings. The number of hydrogen-bond donors (Lipinski definition) is 1. The Morgan fingerprint density at radius 1 is 1.21 bits per heavy atom. The topological polar surface area (TPSA) is 75.7 Å². The van der Waals surface area contributed by atoms with E-state index in [0.29, 0.717) is 43.9 Å². The lowest BCUT2D eigenvalue weighted by Gasteiger charge is -2.28. The summed E-state index contributed by atoms with van der Waals surface area (Å²) in [7, 11) is -1.34. The van der Waals surface area contributed by atoms with Crippen molar-refractivity contribution >= 4 is 15.9 Å². The maximum absolute atomic E-state index is 12.4. The SMILES string of the molecule is COC1CCC(CC(=O)NC(CN2CCCS2(=O)=O)C2CC2)CC1. The van der Waals surface area contributed by atoms with Crippen LogP contribution in [0.2, 0.25) is 0 Å². The van der Waals surface area contributed by atoms with Gasteiger partial charge in [0.05, 0.1) is 11.9 Å². The second-order valence-electron chi connectivity index (χ2n) is 7.62. The van der Waals surface area contributed by atoms with Gasteiger partial charge in [-0.05, 0) is 56.8 Å². The van der Waals surface area contributed by atoms with Gasteiger partial charge in [0, 0.05) is 32.7 Å². The Hall–Kier alpha value is -0.660. The van der Waals surface area contributed by atoms with E-state index in [4.69, 9.17) is 4.74 Å². The lowest BCUT2D eigenvalue weighted by Crippen LogP contribution is -2.46. The summed E-state index contributed by atoms with van der Waals surface area (Å²) in [6, 6.07) is -0.0133. The monoisotopic (exact) mass is 358 g/mol. The van der Waals surface area contributed by atoms with E-state index in [1.807, 2.05) is 0 Å². The molecule has 3 rings (SSSR count). The van der Waals surface area contributed by atoms with Crippen LogP contribution < -0.4 is 5.32 Å². The van der Waals surface area contributed by atoms with Crippen LogP contribution in [0.1, 0.15) is 51.4 Å². The molecule has 1 heterocycles. The molecule has 3 fully saturated rings. The highest BCUT2D eigenvalue weighted by Gasteiger charge is 2.38. The van der Waals surface area contributed by atoms with Gasteiger partial charge in [0.2, 0.25) is 15.9 Å². The van der Waals surface area contributed by atoms with E-state index in [9.17, 15) is 13.2 Å². The summed E-state index contributed by atoms with van der Waals surface area (Å²) < 4.78 is 31.0. The van der Waals surface area contributed by atoms with E-state index in [0.717, 1.165) is 38.5 Å². The van der Waals surface area contributed by atoms with Gasteiger partial charge in [0.15, 0.2) is 0 Å². The minimum Gasteiger partial charge on any atom is -0.381 e. The fourth-order valence-electron chi connectivity index (χ4n) is 4.03. The van der Waals surface area contributed by atoms with Crippen molar-refractivity contribution in [3.63, 3.8) is 0 Å². The molecule has 7 heteroatoms. The summed E-state index contributed by atoms with van der Waals surface area (Å²) in [6.07, 6.45) is 7.96. The number of carbonyl (C=O) groups excluding carboxylic acids is 1. The molecule has 2 aliphatic carbocycles. The van der Waals surface area contributed by atoms with Crippen LogP contribution >= 0.6 is 0 Å². The van der Waals surface area contributed by atoms with Crippen molar-refractivity contribution in [2.45, 2.75) is 63.5 Å². The van der Waals surface area contributed by atoms with Gasteiger partial charge in [0.25, 0.3) is 0 Å². The van der Waals surface area contributed by atoms with Gasteiger partial charge in [0.1, 0.15) is 0 Å². The van der Waals surface area contributed by atoms with E-state index >= 15 is 0 Å². The molecule has 0 bridgehead atoms. The first-order valence-corrected chi connectivity index (χ1v) is 10.9. The highest BCUT2D eigenvalue weighted by atomic mass is 32.2. The number of hydrogen-bond acceptors (Lipinski definition) is 4. The summed E-state index contributed by atoms with van der Waals surface area (Å²) >= 11 is 0. The Balaban J connectivity index is 1.48. The smallest absolute Gasteiger partial charge is 0.220 e. The van der Waals surface area contributed by atoms with Crippen molar-refractivity contribution in [3.05, 3.63) is 0 Å². The second kappa shape index (κ2) is 7.70. The lowest BCUT2D eigenvalue weighted by atomic mass is 9.85. The van der Waals surface area contributed by atoms with Crippen LogP contribution in [-0.4, -0.2) is 56.7 Å². The number of nitrogens with zero attached hydrogens (tertiary/aromatic N) is 1. The minimum absolute atomic E-state index is 0.0133. The molecule has 0 aromatic heterocycles. The molecule has 0 radical (unpaired) electrons. The number of amides is 1. The largest absolute Gasteiger partial charge is 0.381 e. The van der Waals surface area contributed by atoms with Crippen LogP contribution in [0.5, 0.6) is 0 Å². The fourth-order valence-corrected chi connectivity index (χ4v) is 5.57. The predicted molar refractivity (Wildman–Crippen MR) is 92.0 cm³/mol. The molecular formula is C17H30N2O4S. The first-order valence-electron chi connectivity index (χ1n) is 9.28. The highest BCUT2D eigenvalue weighted by molar-refractivity contribution is 7.89. The molecule has 1 unspecified atom stereocenters. The van der Waals surface area contributed by atoms with Gasteiger partial charge < -0.3 is 10.1 Å². The molecule has 1 amide bonds. The Morgan fingerprint density at radius 3 is 2.46 bits per heavy atom. The van der Waals surface area contributed by atoms with Gasteiger partial charge in [-0.2, -0.15) is 4.31 Å². The average Bonchev–Trinajstić information content (AvgIpc) is 3.33. The molecule has 1 N–H and O–H groups in total. The molecule has 138 valence electrons. The zero-order chi connectivity index (χ0) is 17.2. The molecular weight excluding hydrogens is 328 g/mol. The van der Waals surface area contributed by atoms with Crippen molar-refractivity contribution in [2.24, 2.45) is 11.8 Å². The molecule has 0 aromatic rings. The quantitative estimate of drug-likeness (QED) is 0.748. The number of ether oxygens (including phenoxy) is 1. The molecule has 24 heavy (non-hydrogen) atoms. The first kappa shape index (κ1) is 18.1. The minimum atomic E-state index is -3.09. The Bertz CT molecular complexity index is 539. The van der Waals surface area contributed by atoms with Crippen molar-refractivity contribution in [1.29, 1.82) is 0 Å². The van der Waals surface area contributed by atoms with Crippen molar-refractivity contribution in [1.82, 2.24) is 9.62 Å². The van der Waals surface area contributed by atoms with Gasteiger partial charge >= 0.3 is 0 Å². The number of rotatable bonds is 7. The fraction of sp³-hybridized carbons (Fsp3) is 0.941. The Kier molecular flexibility index (Phi) is 5.82. The highest BCUT2D eigenvalue weighted by Crippen LogP contribution is 2.34. The third kappa shape index (κ3) is 4.70. The summed E-state index contributed by atoms with van der Waals surface area (Å²) in [4.78, 5) is 12.4. The first-order chi connectivity index (χ1) is 11.5. The third-order valence-electron chi connectivity index (χ3n) is 5.74. The summed E-state index contributed by atoms with van der Waals surface area (Å²) in [6.45, 7) is 1.05. The molecule has 1 atom stereocenters. The van der Waals surface area contributed by atoms with Gasteiger partial charge in [-0.3, -0.25) is 4.79 Å². The molecule has 1 saturated heterocycles. The zero-order valence-electron chi connectivity index (χ0n) is 14.6. The third-order valence-corrected chi connectivity index (χ3v) is 7.67. The van der Waals surface area contributed by atoms with E-state index in [-0.39, 0.29) is 17.7 Å². The normalized spacial score (nSPS) is 31.7. The predicted octanol–water partition coefficient (Wildman–Crippen LogP) is 1.51. The van der Waals surface area contributed by atoms with Crippen LogP contribution in [-0.2, 0) is 19.6 Å². The van der Waals surface area contributed by atoms with Crippen molar-refractivity contribution < 1.29 is 17.9 Å². The van der Waals surface area contributed by atoms with Gasteiger partial charge in [-0.15, -0.1) is 0 Å².